The molecule has 0 spiro atoms. The molecule has 0 radical (unpaired) electrons. The van der Waals surface area contributed by atoms with Crippen LogP contribution >= 0.6 is 0 Å². The highest BCUT2D eigenvalue weighted by Crippen LogP contribution is 2.33. The zero-order valence-electron chi connectivity index (χ0n) is 15.8. The topological polar surface area (TPSA) is 76.8 Å². The summed E-state index contributed by atoms with van der Waals surface area (Å²) in [5.74, 6) is -0.551. The Balaban J connectivity index is 1.61. The molecule has 0 saturated carbocycles. The fraction of sp³-hybridized carbons (Fsp3) is 0.286. The van der Waals surface area contributed by atoms with E-state index in [9.17, 15) is 17.6 Å². The second-order valence-electron chi connectivity index (χ2n) is 6.95. The van der Waals surface area contributed by atoms with Crippen molar-refractivity contribution >= 4 is 26.7 Å². The quantitative estimate of drug-likeness (QED) is 0.651. The number of furan rings is 1. The molecule has 0 bridgehead atoms. The number of sulfone groups is 1. The highest BCUT2D eigenvalue weighted by Gasteiger charge is 2.35. The van der Waals surface area contributed by atoms with Crippen molar-refractivity contribution in [2.24, 2.45) is 0 Å². The molecule has 0 aliphatic carbocycles. The third-order valence-electron chi connectivity index (χ3n) is 5.22. The van der Waals surface area contributed by atoms with Gasteiger partial charge in [-0.2, -0.15) is 0 Å². The summed E-state index contributed by atoms with van der Waals surface area (Å²) in [6, 6.07) is 12.8. The minimum Gasteiger partial charge on any atom is -0.493 e. The lowest BCUT2D eigenvalue weighted by atomic mass is 10.1. The molecule has 2 aromatic carbocycles. The molecule has 1 amide bonds. The zero-order chi connectivity index (χ0) is 20.6. The average molecular weight is 417 g/mol. The number of methoxy groups -OCH3 is 1. The maximum atomic E-state index is 14.2. The van der Waals surface area contributed by atoms with E-state index in [-0.39, 0.29) is 36.6 Å². The molecular weight excluding hydrogens is 397 g/mol. The number of carbonyl (C=O) groups is 1. The molecule has 1 aromatic heterocycles. The number of halogens is 1. The van der Waals surface area contributed by atoms with Crippen molar-refractivity contribution in [2.75, 3.05) is 26.0 Å². The van der Waals surface area contributed by atoms with Gasteiger partial charge in [0.15, 0.2) is 26.9 Å². The number of amides is 1. The van der Waals surface area contributed by atoms with Gasteiger partial charge in [-0.05, 0) is 24.6 Å². The van der Waals surface area contributed by atoms with E-state index in [0.29, 0.717) is 11.3 Å². The third kappa shape index (κ3) is 3.60. The molecule has 1 saturated heterocycles. The maximum absolute atomic E-state index is 14.2. The van der Waals surface area contributed by atoms with Gasteiger partial charge in [-0.15, -0.1) is 0 Å². The average Bonchev–Trinajstić information content (AvgIpc) is 3.08. The van der Waals surface area contributed by atoms with Crippen LogP contribution in [0.3, 0.4) is 0 Å². The summed E-state index contributed by atoms with van der Waals surface area (Å²) in [6.07, 6.45) is 0.124. The van der Waals surface area contributed by atoms with E-state index in [1.165, 1.54) is 30.2 Å². The van der Waals surface area contributed by atoms with Crippen LogP contribution in [-0.2, 0) is 9.84 Å². The van der Waals surface area contributed by atoms with E-state index in [4.69, 9.17) is 9.15 Å². The molecule has 2 heterocycles. The van der Waals surface area contributed by atoms with Crippen molar-refractivity contribution < 1.29 is 26.8 Å². The predicted octanol–water partition coefficient (Wildman–Crippen LogP) is 3.58. The summed E-state index contributed by atoms with van der Waals surface area (Å²) in [5.41, 5.74) is 0.611. The van der Waals surface area contributed by atoms with Crippen LogP contribution in [0.15, 0.2) is 52.9 Å². The first-order chi connectivity index (χ1) is 13.9. The Morgan fingerprint density at radius 2 is 1.97 bits per heavy atom. The molecule has 1 unspecified atom stereocenters. The Bertz CT molecular complexity index is 1170. The summed E-state index contributed by atoms with van der Waals surface area (Å²) in [6.45, 7) is 0.214. The summed E-state index contributed by atoms with van der Waals surface area (Å²) >= 11 is 0. The lowest BCUT2D eigenvalue weighted by molar-refractivity contribution is 0.0737. The SMILES string of the molecule is COc1cccc2cc(C(=O)N3CCC(c4ccccc4F)S(=O)(=O)CC3)oc12. The van der Waals surface area contributed by atoms with E-state index in [0.717, 1.165) is 5.39 Å². The largest absolute Gasteiger partial charge is 0.493 e. The van der Waals surface area contributed by atoms with Gasteiger partial charge in [0.05, 0.1) is 18.1 Å². The number of rotatable bonds is 3. The van der Waals surface area contributed by atoms with E-state index in [1.807, 2.05) is 0 Å². The Labute approximate surface area is 167 Å². The molecule has 1 fully saturated rings. The van der Waals surface area contributed by atoms with Gasteiger partial charge in [-0.1, -0.05) is 30.3 Å². The van der Waals surface area contributed by atoms with Crippen LogP contribution in [0.5, 0.6) is 5.75 Å². The summed E-state index contributed by atoms with van der Waals surface area (Å²) in [4.78, 5) is 14.4. The Kier molecular flexibility index (Phi) is 5.04. The number of hydrogen-bond donors (Lipinski definition) is 0. The van der Waals surface area contributed by atoms with E-state index in [1.54, 1.807) is 30.3 Å². The minimum absolute atomic E-state index is 0.0281. The molecule has 8 heteroatoms. The second-order valence-corrected chi connectivity index (χ2v) is 9.25. The molecule has 3 aromatic rings. The van der Waals surface area contributed by atoms with Crippen molar-refractivity contribution in [3.63, 3.8) is 0 Å². The van der Waals surface area contributed by atoms with Crippen molar-refractivity contribution in [3.8, 4) is 5.75 Å². The van der Waals surface area contributed by atoms with E-state index >= 15 is 0 Å². The van der Waals surface area contributed by atoms with Gasteiger partial charge in [0, 0.05) is 24.0 Å². The molecule has 1 aliphatic rings. The molecule has 6 nitrogen and oxygen atoms in total. The fourth-order valence-corrected chi connectivity index (χ4v) is 5.49. The van der Waals surface area contributed by atoms with Gasteiger partial charge in [0.25, 0.3) is 5.91 Å². The number of nitrogens with zero attached hydrogens (tertiary/aromatic N) is 1. The van der Waals surface area contributed by atoms with Crippen LogP contribution in [0, 0.1) is 5.82 Å². The summed E-state index contributed by atoms with van der Waals surface area (Å²) in [5, 5.41) is -0.253. The van der Waals surface area contributed by atoms with Crippen LogP contribution < -0.4 is 4.74 Å². The normalized spacial score (nSPS) is 19.1. The van der Waals surface area contributed by atoms with Gasteiger partial charge >= 0.3 is 0 Å². The first-order valence-electron chi connectivity index (χ1n) is 9.22. The lowest BCUT2D eigenvalue weighted by Gasteiger charge is -2.18. The standard InChI is InChI=1S/C21H20FNO5S/c1-27-17-8-4-5-14-13-18(28-20(14)17)21(24)23-10-9-19(29(25,26)12-11-23)15-6-2-3-7-16(15)22/h2-8,13,19H,9-12H2,1H3. The van der Waals surface area contributed by atoms with Gasteiger partial charge in [-0.3, -0.25) is 4.79 Å². The van der Waals surface area contributed by atoms with Crippen molar-refractivity contribution in [1.82, 2.24) is 4.90 Å². The first-order valence-corrected chi connectivity index (χ1v) is 10.9. The van der Waals surface area contributed by atoms with Crippen LogP contribution in [0.4, 0.5) is 4.39 Å². The predicted molar refractivity (Wildman–Crippen MR) is 106 cm³/mol. The van der Waals surface area contributed by atoms with Gasteiger partial charge < -0.3 is 14.1 Å². The van der Waals surface area contributed by atoms with Gasteiger partial charge in [-0.25, -0.2) is 12.8 Å². The van der Waals surface area contributed by atoms with Crippen molar-refractivity contribution in [1.29, 1.82) is 0 Å². The summed E-state index contributed by atoms with van der Waals surface area (Å²) in [7, 11) is -2.09. The van der Waals surface area contributed by atoms with Gasteiger partial charge in [0.1, 0.15) is 5.82 Å². The third-order valence-corrected chi connectivity index (χ3v) is 7.33. The molecule has 0 N–H and O–H groups in total. The molecule has 1 atom stereocenters. The fourth-order valence-electron chi connectivity index (χ4n) is 3.69. The molecular formula is C21H20FNO5S. The van der Waals surface area contributed by atoms with Crippen LogP contribution in [0.2, 0.25) is 0 Å². The molecule has 152 valence electrons. The van der Waals surface area contributed by atoms with Crippen LogP contribution in [0.1, 0.15) is 27.8 Å². The van der Waals surface area contributed by atoms with E-state index < -0.39 is 26.8 Å². The Hall–Kier alpha value is -2.87. The van der Waals surface area contributed by atoms with Gasteiger partial charge in [0.2, 0.25) is 0 Å². The Morgan fingerprint density at radius 1 is 1.17 bits per heavy atom. The van der Waals surface area contributed by atoms with Crippen LogP contribution in [0.25, 0.3) is 11.0 Å². The molecule has 29 heavy (non-hydrogen) atoms. The maximum Gasteiger partial charge on any atom is 0.289 e. The smallest absolute Gasteiger partial charge is 0.289 e. The number of hydrogen-bond acceptors (Lipinski definition) is 5. The van der Waals surface area contributed by atoms with Crippen molar-refractivity contribution in [3.05, 3.63) is 65.7 Å². The number of benzene rings is 2. The van der Waals surface area contributed by atoms with Crippen LogP contribution in [-0.4, -0.2) is 45.2 Å². The first kappa shape index (κ1) is 19.4. The highest BCUT2D eigenvalue weighted by atomic mass is 32.2. The summed E-state index contributed by atoms with van der Waals surface area (Å²) < 4.78 is 50.6. The van der Waals surface area contributed by atoms with Crippen molar-refractivity contribution in [2.45, 2.75) is 11.7 Å². The molecule has 1 aliphatic heterocycles. The lowest BCUT2D eigenvalue weighted by Crippen LogP contribution is -2.33. The zero-order valence-corrected chi connectivity index (χ0v) is 16.6. The minimum atomic E-state index is -3.60. The second kappa shape index (κ2) is 7.51. The number of ether oxygens (including phenoxy) is 1. The number of fused-ring (bicyclic) bond motifs is 1. The van der Waals surface area contributed by atoms with E-state index in [2.05, 4.69) is 0 Å². The molecule has 4 rings (SSSR count). The highest BCUT2D eigenvalue weighted by molar-refractivity contribution is 7.91. The number of carbonyl (C=O) groups excluding carboxylic acids is 1. The number of para-hydroxylation sites is 1. The monoisotopic (exact) mass is 417 g/mol. The Morgan fingerprint density at radius 3 is 2.72 bits per heavy atom.